The van der Waals surface area contributed by atoms with Gasteiger partial charge in [-0.05, 0) is 79.6 Å². The zero-order valence-corrected chi connectivity index (χ0v) is 28.8. The van der Waals surface area contributed by atoms with Gasteiger partial charge < -0.3 is 27.5 Å². The number of hydrogen-bond acceptors (Lipinski definition) is 5. The van der Waals surface area contributed by atoms with Crippen LogP contribution >= 0.6 is 11.6 Å². The lowest BCUT2D eigenvalue weighted by Gasteiger charge is -2.22. The van der Waals surface area contributed by atoms with Crippen LogP contribution in [-0.2, 0) is 23.8 Å². The average molecular weight is 653 g/mol. The molecule has 0 unspecified atom stereocenters. The van der Waals surface area contributed by atoms with Gasteiger partial charge >= 0.3 is 5.69 Å². The molecule has 2 aromatic carbocycles. The van der Waals surface area contributed by atoms with Crippen LogP contribution in [-0.4, -0.2) is 40.1 Å². The average Bonchev–Trinajstić information content (AvgIpc) is 3.39. The molecule has 0 bridgehead atoms. The smallest absolute Gasteiger partial charge is 0.354 e. The summed E-state index contributed by atoms with van der Waals surface area (Å²) < 4.78 is 15.9. The minimum Gasteiger partial charge on any atom is -0.370 e. The molecule has 0 saturated carbocycles. The quantitative estimate of drug-likeness (QED) is 0.0782. The van der Waals surface area contributed by atoms with Gasteiger partial charge in [-0.25, -0.2) is 9.18 Å². The number of fused-ring (bicyclic) bond motifs is 1. The lowest BCUT2D eigenvalue weighted by molar-refractivity contribution is 0.513. The molecule has 0 aliphatic rings. The van der Waals surface area contributed by atoms with Crippen molar-refractivity contribution in [3.05, 3.63) is 92.4 Å². The van der Waals surface area contributed by atoms with E-state index >= 15 is 0 Å². The minimum atomic E-state index is -0.301. The van der Waals surface area contributed by atoms with Gasteiger partial charge in [0, 0.05) is 46.4 Å². The molecule has 0 spiro atoms. The SMILES string of the molecule is CC(C)(C)c1c(Cl)ccc(CCCCN)c1F.CC(C)(C)c1cc2cn(-c3ccc(CNCCCN=C(N)N)cc3)c(=O)nc2[nH]1. The molecule has 9 nitrogen and oxygen atoms in total. The van der Waals surface area contributed by atoms with E-state index in [1.807, 2.05) is 51.2 Å². The van der Waals surface area contributed by atoms with Crippen LogP contribution in [0.25, 0.3) is 16.7 Å². The Bertz CT molecular complexity index is 1660. The van der Waals surface area contributed by atoms with Crippen molar-refractivity contribution in [2.45, 2.75) is 84.6 Å². The Morgan fingerprint density at radius 1 is 1.02 bits per heavy atom. The number of aromatic amines is 1. The predicted octanol–water partition coefficient (Wildman–Crippen LogP) is 5.82. The number of aliphatic imine (C=N–C) groups is 1. The molecule has 46 heavy (non-hydrogen) atoms. The van der Waals surface area contributed by atoms with E-state index < -0.39 is 0 Å². The first-order chi connectivity index (χ1) is 21.6. The van der Waals surface area contributed by atoms with Gasteiger partial charge in [-0.15, -0.1) is 0 Å². The summed E-state index contributed by atoms with van der Waals surface area (Å²) in [6.07, 6.45) is 5.27. The summed E-state index contributed by atoms with van der Waals surface area (Å²) in [6, 6.07) is 13.5. The molecule has 4 aromatic rings. The van der Waals surface area contributed by atoms with Crippen molar-refractivity contribution in [3.8, 4) is 5.69 Å². The van der Waals surface area contributed by atoms with Gasteiger partial charge in [-0.2, -0.15) is 4.98 Å². The van der Waals surface area contributed by atoms with Crippen molar-refractivity contribution >= 4 is 28.6 Å². The molecule has 11 heteroatoms. The van der Waals surface area contributed by atoms with Gasteiger partial charge in [0.25, 0.3) is 0 Å². The van der Waals surface area contributed by atoms with Crippen LogP contribution in [0.2, 0.25) is 5.02 Å². The summed E-state index contributed by atoms with van der Waals surface area (Å²) in [5.74, 6) is -0.0280. The summed E-state index contributed by atoms with van der Waals surface area (Å²) in [6.45, 7) is 15.1. The fraction of sp³-hybridized carbons (Fsp3) is 0.457. The highest BCUT2D eigenvalue weighted by molar-refractivity contribution is 6.31. The minimum absolute atomic E-state index is 0.0352. The highest BCUT2D eigenvalue weighted by atomic mass is 35.5. The Morgan fingerprint density at radius 3 is 2.33 bits per heavy atom. The first kappa shape index (κ1) is 36.7. The molecule has 250 valence electrons. The fourth-order valence-electron chi connectivity index (χ4n) is 4.94. The number of guanidine groups is 1. The Balaban J connectivity index is 0.000000289. The lowest BCUT2D eigenvalue weighted by Crippen LogP contribution is -2.23. The van der Waals surface area contributed by atoms with Crippen LogP contribution in [0.1, 0.15) is 83.2 Å². The van der Waals surface area contributed by atoms with Crippen LogP contribution in [0.5, 0.6) is 0 Å². The van der Waals surface area contributed by atoms with E-state index in [4.69, 9.17) is 28.8 Å². The van der Waals surface area contributed by atoms with E-state index in [1.165, 1.54) is 0 Å². The second-order valence-electron chi connectivity index (χ2n) is 13.5. The standard InChI is InChI=1S/C21H29N7O.C14H21ClFN/c1-21(2,3)17-11-15-13-28(20(29)27-18(15)26-17)16-7-5-14(6-8-16)12-24-9-4-10-25-19(22)23;1-14(2,3)12-11(15)8-7-10(13(12)16)6-4-5-9-17/h5-8,11,13,24H,4,9-10,12H2,1-3H3,(H4,22,23,25)(H,26,27,29);7-8H,4-6,9,17H2,1-3H3. The fourth-order valence-corrected chi connectivity index (χ4v) is 5.37. The largest absolute Gasteiger partial charge is 0.370 e. The van der Waals surface area contributed by atoms with E-state index in [-0.39, 0.29) is 28.3 Å². The monoisotopic (exact) mass is 652 g/mol. The number of unbranched alkanes of at least 4 members (excludes halogenated alkanes) is 1. The second kappa shape index (κ2) is 16.2. The summed E-state index contributed by atoms with van der Waals surface area (Å²) in [7, 11) is 0. The summed E-state index contributed by atoms with van der Waals surface area (Å²) in [5.41, 5.74) is 20.4. The Morgan fingerprint density at radius 2 is 1.72 bits per heavy atom. The van der Waals surface area contributed by atoms with E-state index in [0.29, 0.717) is 29.3 Å². The highest BCUT2D eigenvalue weighted by Gasteiger charge is 2.23. The molecule has 0 amide bonds. The number of H-pyrrole nitrogens is 1. The molecular weight excluding hydrogens is 603 g/mol. The third-order valence-electron chi connectivity index (χ3n) is 7.49. The van der Waals surface area contributed by atoms with E-state index in [9.17, 15) is 9.18 Å². The first-order valence-corrected chi connectivity index (χ1v) is 16.2. The maximum atomic E-state index is 14.3. The zero-order chi connectivity index (χ0) is 34.1. The van der Waals surface area contributed by atoms with Crippen LogP contribution < -0.4 is 28.2 Å². The summed E-state index contributed by atoms with van der Waals surface area (Å²) in [5, 5.41) is 4.78. The molecule has 0 aliphatic carbocycles. The van der Waals surface area contributed by atoms with Gasteiger partial charge in [-0.3, -0.25) is 9.56 Å². The third-order valence-corrected chi connectivity index (χ3v) is 7.80. The Kier molecular flexibility index (Phi) is 12.9. The normalized spacial score (nSPS) is 11.8. The number of aryl methyl sites for hydroxylation is 1. The topological polar surface area (TPSA) is 153 Å². The van der Waals surface area contributed by atoms with Crippen LogP contribution in [0.15, 0.2) is 58.4 Å². The number of nitrogens with zero attached hydrogens (tertiary/aromatic N) is 3. The maximum Gasteiger partial charge on any atom is 0.354 e. The third kappa shape index (κ3) is 10.4. The van der Waals surface area contributed by atoms with Crippen molar-refractivity contribution < 1.29 is 4.39 Å². The van der Waals surface area contributed by atoms with Crippen molar-refractivity contribution in [2.24, 2.45) is 22.2 Å². The molecule has 0 atom stereocenters. The number of rotatable bonds is 11. The van der Waals surface area contributed by atoms with Crippen molar-refractivity contribution in [1.82, 2.24) is 19.9 Å². The van der Waals surface area contributed by atoms with Gasteiger partial charge in [0.15, 0.2) is 5.96 Å². The van der Waals surface area contributed by atoms with Gasteiger partial charge in [0.05, 0.1) is 5.69 Å². The summed E-state index contributed by atoms with van der Waals surface area (Å²) in [4.78, 5) is 23.9. The molecule has 8 N–H and O–H groups in total. The highest BCUT2D eigenvalue weighted by Crippen LogP contribution is 2.33. The van der Waals surface area contributed by atoms with E-state index in [0.717, 1.165) is 66.7 Å². The molecular formula is C35H50ClFN8O. The number of aromatic nitrogens is 3. The number of benzene rings is 2. The van der Waals surface area contributed by atoms with Crippen molar-refractivity contribution in [3.63, 3.8) is 0 Å². The molecule has 0 radical (unpaired) electrons. The molecule has 0 saturated heterocycles. The molecule has 0 aliphatic heterocycles. The number of nitrogens with one attached hydrogen (secondary N) is 2. The molecule has 4 rings (SSSR count). The van der Waals surface area contributed by atoms with E-state index in [2.05, 4.69) is 47.1 Å². The Hall–Kier alpha value is -3.73. The number of halogens is 2. The molecule has 2 aromatic heterocycles. The second-order valence-corrected chi connectivity index (χ2v) is 13.9. The van der Waals surface area contributed by atoms with Gasteiger partial charge in [0.2, 0.25) is 0 Å². The number of hydrogen-bond donors (Lipinski definition) is 5. The van der Waals surface area contributed by atoms with Crippen molar-refractivity contribution in [1.29, 1.82) is 0 Å². The number of nitrogens with two attached hydrogens (primary N) is 3. The molecule has 0 fully saturated rings. The maximum absolute atomic E-state index is 14.3. The van der Waals surface area contributed by atoms with Gasteiger partial charge in [-0.1, -0.05) is 71.3 Å². The zero-order valence-electron chi connectivity index (χ0n) is 28.0. The first-order valence-electron chi connectivity index (χ1n) is 15.8. The predicted molar refractivity (Wildman–Crippen MR) is 189 cm³/mol. The molecule has 2 heterocycles. The van der Waals surface area contributed by atoms with Gasteiger partial charge in [0.1, 0.15) is 11.5 Å². The van der Waals surface area contributed by atoms with Crippen LogP contribution in [0.3, 0.4) is 0 Å². The summed E-state index contributed by atoms with van der Waals surface area (Å²) >= 11 is 6.09. The van der Waals surface area contributed by atoms with Crippen LogP contribution in [0.4, 0.5) is 4.39 Å². The lowest BCUT2D eigenvalue weighted by atomic mass is 9.85. The van der Waals surface area contributed by atoms with Crippen LogP contribution in [0, 0.1) is 5.82 Å². The van der Waals surface area contributed by atoms with Crippen molar-refractivity contribution in [2.75, 3.05) is 19.6 Å². The van der Waals surface area contributed by atoms with E-state index in [1.54, 1.807) is 16.7 Å². The Labute approximate surface area is 276 Å².